The zero-order valence-electron chi connectivity index (χ0n) is 7.92. The molecule has 0 bridgehead atoms. The van der Waals surface area contributed by atoms with E-state index in [2.05, 4.69) is 4.98 Å². The highest BCUT2D eigenvalue weighted by molar-refractivity contribution is 6.44. The molecular weight excluding hydrogens is 268 g/mol. The third kappa shape index (κ3) is 2.24. The van der Waals surface area contributed by atoms with Crippen LogP contribution in [0.25, 0.3) is 11.3 Å². The zero-order valence-corrected chi connectivity index (χ0v) is 10.2. The Morgan fingerprint density at radius 3 is 2.25 bits per heavy atom. The molecule has 0 aliphatic carbocycles. The molecule has 1 heterocycles. The molecule has 0 aliphatic rings. The Morgan fingerprint density at radius 2 is 1.62 bits per heavy atom. The van der Waals surface area contributed by atoms with Crippen molar-refractivity contribution in [3.05, 3.63) is 45.5 Å². The van der Waals surface area contributed by atoms with Crippen LogP contribution in [0, 0.1) is 0 Å². The van der Waals surface area contributed by atoms with Crippen LogP contribution in [-0.4, -0.2) is 10.1 Å². The van der Waals surface area contributed by atoms with Crippen LogP contribution in [0.5, 0.6) is 5.75 Å². The summed E-state index contributed by atoms with van der Waals surface area (Å²) in [4.78, 5) is 4.04. The van der Waals surface area contributed by atoms with Gasteiger partial charge in [0.25, 0.3) is 0 Å². The number of rotatable bonds is 1. The standard InChI is InChI=1S/C11H6Cl3NO/c12-8-4-10(14)9(13)3-7(8)11-2-1-6(16)5-15-11/h1-5,16H. The minimum atomic E-state index is 0.0972. The van der Waals surface area contributed by atoms with Gasteiger partial charge in [0, 0.05) is 5.56 Å². The molecule has 0 amide bonds. The average molecular weight is 275 g/mol. The van der Waals surface area contributed by atoms with Crippen molar-refractivity contribution in [1.29, 1.82) is 0 Å². The number of hydrogen-bond donors (Lipinski definition) is 1. The summed E-state index contributed by atoms with van der Waals surface area (Å²) in [6.45, 7) is 0. The molecule has 82 valence electrons. The first kappa shape index (κ1) is 11.5. The molecule has 1 aromatic heterocycles. The summed E-state index contributed by atoms with van der Waals surface area (Å²) < 4.78 is 0. The van der Waals surface area contributed by atoms with Crippen molar-refractivity contribution in [3.63, 3.8) is 0 Å². The molecule has 2 nitrogen and oxygen atoms in total. The number of aromatic nitrogens is 1. The van der Waals surface area contributed by atoms with Crippen LogP contribution in [0.4, 0.5) is 0 Å². The lowest BCUT2D eigenvalue weighted by molar-refractivity contribution is 0.473. The highest BCUT2D eigenvalue weighted by Gasteiger charge is 2.09. The molecular formula is C11H6Cl3NO. The quantitative estimate of drug-likeness (QED) is 0.781. The number of hydrogen-bond acceptors (Lipinski definition) is 2. The van der Waals surface area contributed by atoms with Gasteiger partial charge in [-0.25, -0.2) is 0 Å². The van der Waals surface area contributed by atoms with Crippen LogP contribution >= 0.6 is 34.8 Å². The molecule has 0 saturated carbocycles. The Hall–Kier alpha value is -0.960. The molecule has 1 aromatic carbocycles. The number of benzene rings is 1. The molecule has 0 saturated heterocycles. The Labute approximate surface area is 107 Å². The van der Waals surface area contributed by atoms with E-state index in [9.17, 15) is 0 Å². The Morgan fingerprint density at radius 1 is 0.938 bits per heavy atom. The van der Waals surface area contributed by atoms with Crippen LogP contribution in [0.2, 0.25) is 15.1 Å². The number of aromatic hydroxyl groups is 1. The highest BCUT2D eigenvalue weighted by atomic mass is 35.5. The van der Waals surface area contributed by atoms with E-state index in [1.54, 1.807) is 18.2 Å². The van der Waals surface area contributed by atoms with Gasteiger partial charge >= 0.3 is 0 Å². The maximum atomic E-state index is 9.13. The molecule has 0 fully saturated rings. The van der Waals surface area contributed by atoms with Gasteiger partial charge in [-0.15, -0.1) is 0 Å². The van der Waals surface area contributed by atoms with E-state index in [1.165, 1.54) is 12.3 Å². The second-order valence-electron chi connectivity index (χ2n) is 3.15. The molecule has 1 N–H and O–H groups in total. The van der Waals surface area contributed by atoms with Crippen LogP contribution in [0.15, 0.2) is 30.5 Å². The van der Waals surface area contributed by atoms with E-state index >= 15 is 0 Å². The second-order valence-corrected chi connectivity index (χ2v) is 4.37. The molecule has 0 atom stereocenters. The fourth-order valence-electron chi connectivity index (χ4n) is 1.26. The van der Waals surface area contributed by atoms with E-state index in [4.69, 9.17) is 39.9 Å². The normalized spacial score (nSPS) is 10.4. The molecule has 0 unspecified atom stereocenters. The predicted octanol–water partition coefficient (Wildman–Crippen LogP) is 4.41. The number of nitrogens with zero attached hydrogens (tertiary/aromatic N) is 1. The third-order valence-electron chi connectivity index (χ3n) is 2.03. The van der Waals surface area contributed by atoms with Crippen LogP contribution in [-0.2, 0) is 0 Å². The minimum absolute atomic E-state index is 0.0972. The van der Waals surface area contributed by atoms with Crippen molar-refractivity contribution >= 4 is 34.8 Å². The fourth-order valence-corrected chi connectivity index (χ4v) is 1.91. The number of pyridine rings is 1. The van der Waals surface area contributed by atoms with E-state index in [0.717, 1.165) is 0 Å². The van der Waals surface area contributed by atoms with Crippen molar-refractivity contribution in [1.82, 2.24) is 4.98 Å². The largest absolute Gasteiger partial charge is 0.506 e. The second kappa shape index (κ2) is 4.50. The first-order valence-corrected chi connectivity index (χ1v) is 5.51. The summed E-state index contributed by atoms with van der Waals surface area (Å²) in [5.74, 6) is 0.0972. The fraction of sp³-hybridized carbons (Fsp3) is 0. The van der Waals surface area contributed by atoms with Gasteiger partial charge in [-0.3, -0.25) is 4.98 Å². The zero-order chi connectivity index (χ0) is 11.7. The first-order valence-electron chi connectivity index (χ1n) is 4.38. The average Bonchev–Trinajstić information content (AvgIpc) is 2.25. The van der Waals surface area contributed by atoms with Crippen molar-refractivity contribution in [2.75, 3.05) is 0 Å². The monoisotopic (exact) mass is 273 g/mol. The molecule has 0 radical (unpaired) electrons. The van der Waals surface area contributed by atoms with Crippen molar-refractivity contribution in [3.8, 4) is 17.0 Å². The van der Waals surface area contributed by atoms with E-state index in [1.807, 2.05) is 0 Å². The highest BCUT2D eigenvalue weighted by Crippen LogP contribution is 2.34. The molecule has 16 heavy (non-hydrogen) atoms. The molecule has 0 spiro atoms. The van der Waals surface area contributed by atoms with Gasteiger partial charge < -0.3 is 5.11 Å². The molecule has 2 rings (SSSR count). The lowest BCUT2D eigenvalue weighted by atomic mass is 10.1. The summed E-state index contributed by atoms with van der Waals surface area (Å²) in [6, 6.07) is 6.39. The predicted molar refractivity (Wildman–Crippen MR) is 66.4 cm³/mol. The number of halogens is 3. The Balaban J connectivity index is 2.56. The first-order chi connectivity index (χ1) is 7.58. The minimum Gasteiger partial charge on any atom is -0.506 e. The Bertz CT molecular complexity index is 525. The summed E-state index contributed by atoms with van der Waals surface area (Å²) in [6.07, 6.45) is 1.34. The summed E-state index contributed by atoms with van der Waals surface area (Å²) >= 11 is 17.8. The SMILES string of the molecule is Oc1ccc(-c2cc(Cl)c(Cl)cc2Cl)nc1. The van der Waals surface area contributed by atoms with Gasteiger partial charge in [0.15, 0.2) is 0 Å². The van der Waals surface area contributed by atoms with Gasteiger partial charge in [0.05, 0.1) is 27.0 Å². The molecule has 0 aliphatic heterocycles. The topological polar surface area (TPSA) is 33.1 Å². The lowest BCUT2D eigenvalue weighted by Gasteiger charge is -2.05. The van der Waals surface area contributed by atoms with Crippen molar-refractivity contribution < 1.29 is 5.11 Å². The van der Waals surface area contributed by atoms with Gasteiger partial charge in [-0.05, 0) is 24.3 Å². The molecule has 5 heteroatoms. The van der Waals surface area contributed by atoms with Gasteiger partial charge in [-0.1, -0.05) is 34.8 Å². The van der Waals surface area contributed by atoms with Crippen LogP contribution in [0.3, 0.4) is 0 Å². The van der Waals surface area contributed by atoms with E-state index < -0.39 is 0 Å². The maximum Gasteiger partial charge on any atom is 0.133 e. The molecule has 2 aromatic rings. The van der Waals surface area contributed by atoms with Gasteiger partial charge in [0.1, 0.15) is 5.75 Å². The summed E-state index contributed by atoms with van der Waals surface area (Å²) in [5.41, 5.74) is 1.30. The summed E-state index contributed by atoms with van der Waals surface area (Å²) in [5, 5.41) is 10.4. The van der Waals surface area contributed by atoms with Gasteiger partial charge in [0.2, 0.25) is 0 Å². The van der Waals surface area contributed by atoms with E-state index in [-0.39, 0.29) is 5.75 Å². The van der Waals surface area contributed by atoms with Crippen molar-refractivity contribution in [2.24, 2.45) is 0 Å². The van der Waals surface area contributed by atoms with E-state index in [0.29, 0.717) is 26.3 Å². The van der Waals surface area contributed by atoms with Crippen LogP contribution < -0.4 is 0 Å². The lowest BCUT2D eigenvalue weighted by Crippen LogP contribution is -1.84. The van der Waals surface area contributed by atoms with Crippen LogP contribution in [0.1, 0.15) is 0 Å². The van der Waals surface area contributed by atoms with Gasteiger partial charge in [-0.2, -0.15) is 0 Å². The summed E-state index contributed by atoms with van der Waals surface area (Å²) in [7, 11) is 0. The smallest absolute Gasteiger partial charge is 0.133 e. The maximum absolute atomic E-state index is 9.13. The Kier molecular flexibility index (Phi) is 3.24. The van der Waals surface area contributed by atoms with Crippen molar-refractivity contribution in [2.45, 2.75) is 0 Å². The third-order valence-corrected chi connectivity index (χ3v) is 3.07.